The quantitative estimate of drug-likeness (QED) is 0.463. The first-order valence-electron chi connectivity index (χ1n) is 6.87. The minimum absolute atomic E-state index is 0.160. The van der Waals surface area contributed by atoms with E-state index >= 15 is 0 Å². The number of benzene rings is 1. The van der Waals surface area contributed by atoms with Crippen molar-refractivity contribution >= 4 is 5.91 Å². The van der Waals surface area contributed by atoms with Crippen LogP contribution < -0.4 is 11.3 Å². The first kappa shape index (κ1) is 14.0. The molecule has 0 bridgehead atoms. The molecule has 1 aliphatic carbocycles. The van der Waals surface area contributed by atoms with Crippen LogP contribution in [0.15, 0.2) is 24.3 Å². The Labute approximate surface area is 114 Å². The van der Waals surface area contributed by atoms with E-state index in [0.717, 1.165) is 18.0 Å². The summed E-state index contributed by atoms with van der Waals surface area (Å²) < 4.78 is 0. The minimum Gasteiger partial charge on any atom is -0.299 e. The molecule has 1 aromatic rings. The number of hydrazine groups is 1. The fraction of sp³-hybridized carbons (Fsp3) is 0.533. The summed E-state index contributed by atoms with van der Waals surface area (Å²) in [6.07, 6.45) is 3.09. The zero-order chi connectivity index (χ0) is 13.8. The van der Waals surface area contributed by atoms with E-state index < -0.39 is 0 Å². The van der Waals surface area contributed by atoms with Crippen molar-refractivity contribution in [1.29, 1.82) is 0 Å². The number of nitrogens with one attached hydrogen (secondary N) is 1. The molecule has 0 radical (unpaired) electrons. The van der Waals surface area contributed by atoms with Crippen LogP contribution in [0.5, 0.6) is 0 Å². The SMILES string of the molecule is CC(C1CC1)N(C)Cc1ccc(CC(=O)NN)cc1. The molecule has 0 aromatic heterocycles. The monoisotopic (exact) mass is 261 g/mol. The number of carbonyl (C=O) groups is 1. The molecule has 19 heavy (non-hydrogen) atoms. The minimum atomic E-state index is -0.160. The Bertz CT molecular complexity index is 426. The molecule has 1 aliphatic rings. The van der Waals surface area contributed by atoms with Gasteiger partial charge in [-0.2, -0.15) is 0 Å². The summed E-state index contributed by atoms with van der Waals surface area (Å²) in [6, 6.07) is 8.84. The number of hydrogen-bond donors (Lipinski definition) is 2. The molecular weight excluding hydrogens is 238 g/mol. The van der Waals surface area contributed by atoms with Gasteiger partial charge in [0.1, 0.15) is 0 Å². The van der Waals surface area contributed by atoms with Gasteiger partial charge in [-0.15, -0.1) is 0 Å². The highest BCUT2D eigenvalue weighted by Crippen LogP contribution is 2.35. The second kappa shape index (κ2) is 6.17. The van der Waals surface area contributed by atoms with Gasteiger partial charge in [0.05, 0.1) is 6.42 Å². The lowest BCUT2D eigenvalue weighted by Gasteiger charge is -2.24. The summed E-state index contributed by atoms with van der Waals surface area (Å²) in [5.74, 6) is 5.80. The van der Waals surface area contributed by atoms with Crippen molar-refractivity contribution in [3.8, 4) is 0 Å². The molecule has 1 unspecified atom stereocenters. The van der Waals surface area contributed by atoms with Crippen molar-refractivity contribution in [2.75, 3.05) is 7.05 Å². The third-order valence-corrected chi connectivity index (χ3v) is 3.98. The summed E-state index contributed by atoms with van der Waals surface area (Å²) >= 11 is 0. The lowest BCUT2D eigenvalue weighted by molar-refractivity contribution is -0.120. The second-order valence-corrected chi connectivity index (χ2v) is 5.55. The Morgan fingerprint density at radius 3 is 2.47 bits per heavy atom. The van der Waals surface area contributed by atoms with Crippen LogP contribution in [0.1, 0.15) is 30.9 Å². The fourth-order valence-corrected chi connectivity index (χ4v) is 2.37. The number of carbonyl (C=O) groups excluding carboxylic acids is 1. The maximum Gasteiger partial charge on any atom is 0.238 e. The molecule has 0 heterocycles. The van der Waals surface area contributed by atoms with E-state index in [0.29, 0.717) is 12.5 Å². The van der Waals surface area contributed by atoms with E-state index in [9.17, 15) is 4.79 Å². The Morgan fingerprint density at radius 1 is 1.37 bits per heavy atom. The fourth-order valence-electron chi connectivity index (χ4n) is 2.37. The van der Waals surface area contributed by atoms with Crippen molar-refractivity contribution in [3.05, 3.63) is 35.4 Å². The van der Waals surface area contributed by atoms with Gasteiger partial charge < -0.3 is 0 Å². The molecule has 3 N–H and O–H groups in total. The van der Waals surface area contributed by atoms with Gasteiger partial charge in [-0.05, 0) is 43.9 Å². The largest absolute Gasteiger partial charge is 0.299 e. The van der Waals surface area contributed by atoms with E-state index in [2.05, 4.69) is 36.4 Å². The predicted molar refractivity (Wildman–Crippen MR) is 76.1 cm³/mol. The van der Waals surface area contributed by atoms with Crippen molar-refractivity contribution < 1.29 is 4.79 Å². The van der Waals surface area contributed by atoms with Crippen LogP contribution >= 0.6 is 0 Å². The number of nitrogens with two attached hydrogens (primary N) is 1. The maximum absolute atomic E-state index is 11.2. The van der Waals surface area contributed by atoms with Crippen molar-refractivity contribution in [2.45, 2.75) is 38.8 Å². The number of nitrogens with zero attached hydrogens (tertiary/aromatic N) is 1. The highest BCUT2D eigenvalue weighted by molar-refractivity contribution is 5.77. The Kier molecular flexibility index (Phi) is 4.56. The number of amides is 1. The number of rotatable bonds is 6. The molecule has 0 saturated heterocycles. The van der Waals surface area contributed by atoms with Crippen LogP contribution in [0.3, 0.4) is 0 Å². The molecule has 0 aliphatic heterocycles. The van der Waals surface area contributed by atoms with Gasteiger partial charge in [0.15, 0.2) is 0 Å². The van der Waals surface area contributed by atoms with Gasteiger partial charge in [-0.1, -0.05) is 24.3 Å². The molecule has 104 valence electrons. The van der Waals surface area contributed by atoms with Crippen molar-refractivity contribution in [1.82, 2.24) is 10.3 Å². The Morgan fingerprint density at radius 2 is 1.95 bits per heavy atom. The predicted octanol–water partition coefficient (Wildman–Crippen LogP) is 1.45. The molecule has 1 amide bonds. The smallest absolute Gasteiger partial charge is 0.238 e. The summed E-state index contributed by atoms with van der Waals surface area (Å²) in [5.41, 5.74) is 4.42. The molecule has 2 rings (SSSR count). The van der Waals surface area contributed by atoms with Gasteiger partial charge in [-0.25, -0.2) is 5.84 Å². The van der Waals surface area contributed by atoms with Crippen LogP contribution in [0.2, 0.25) is 0 Å². The summed E-state index contributed by atoms with van der Waals surface area (Å²) in [5, 5.41) is 0. The van der Waals surface area contributed by atoms with Gasteiger partial charge >= 0.3 is 0 Å². The van der Waals surface area contributed by atoms with E-state index in [1.165, 1.54) is 18.4 Å². The lowest BCUT2D eigenvalue weighted by atomic mass is 10.1. The third kappa shape index (κ3) is 4.04. The average Bonchev–Trinajstić information content (AvgIpc) is 3.24. The van der Waals surface area contributed by atoms with Crippen LogP contribution in [-0.2, 0) is 17.8 Å². The van der Waals surface area contributed by atoms with Crippen LogP contribution in [0.4, 0.5) is 0 Å². The first-order chi connectivity index (χ1) is 9.10. The summed E-state index contributed by atoms with van der Waals surface area (Å²) in [7, 11) is 2.18. The van der Waals surface area contributed by atoms with Gasteiger partial charge in [-0.3, -0.25) is 15.1 Å². The molecule has 1 fully saturated rings. The van der Waals surface area contributed by atoms with Crippen molar-refractivity contribution in [2.24, 2.45) is 11.8 Å². The van der Waals surface area contributed by atoms with Crippen molar-refractivity contribution in [3.63, 3.8) is 0 Å². The molecule has 0 spiro atoms. The summed E-state index contributed by atoms with van der Waals surface area (Å²) in [6.45, 7) is 3.26. The molecule has 1 saturated carbocycles. The zero-order valence-electron chi connectivity index (χ0n) is 11.7. The third-order valence-electron chi connectivity index (χ3n) is 3.98. The van der Waals surface area contributed by atoms with E-state index in [4.69, 9.17) is 5.84 Å². The molecule has 4 nitrogen and oxygen atoms in total. The Balaban J connectivity index is 1.88. The normalized spacial score (nSPS) is 16.4. The molecule has 1 aromatic carbocycles. The Hall–Kier alpha value is -1.39. The zero-order valence-corrected chi connectivity index (χ0v) is 11.7. The maximum atomic E-state index is 11.2. The van der Waals surface area contributed by atoms with E-state index in [1.807, 2.05) is 12.1 Å². The van der Waals surface area contributed by atoms with Crippen LogP contribution in [0, 0.1) is 5.92 Å². The highest BCUT2D eigenvalue weighted by atomic mass is 16.2. The standard InChI is InChI=1S/C15H23N3O/c1-11(14-7-8-14)18(2)10-13-5-3-12(4-6-13)9-15(19)17-16/h3-6,11,14H,7-10,16H2,1-2H3,(H,17,19). The first-order valence-corrected chi connectivity index (χ1v) is 6.87. The molecule has 1 atom stereocenters. The van der Waals surface area contributed by atoms with Crippen LogP contribution in [0.25, 0.3) is 0 Å². The van der Waals surface area contributed by atoms with E-state index in [1.54, 1.807) is 0 Å². The van der Waals surface area contributed by atoms with Gasteiger partial charge in [0.2, 0.25) is 5.91 Å². The topological polar surface area (TPSA) is 58.4 Å². The lowest BCUT2D eigenvalue weighted by Crippen LogP contribution is -2.31. The van der Waals surface area contributed by atoms with E-state index in [-0.39, 0.29) is 5.91 Å². The highest BCUT2D eigenvalue weighted by Gasteiger charge is 2.30. The summed E-state index contributed by atoms with van der Waals surface area (Å²) in [4.78, 5) is 13.6. The number of hydrogen-bond acceptors (Lipinski definition) is 3. The van der Waals surface area contributed by atoms with Gasteiger partial charge in [0, 0.05) is 12.6 Å². The van der Waals surface area contributed by atoms with Crippen LogP contribution in [-0.4, -0.2) is 23.9 Å². The molecule has 4 heteroatoms. The van der Waals surface area contributed by atoms with Gasteiger partial charge in [0.25, 0.3) is 0 Å². The molecular formula is C15H23N3O. The second-order valence-electron chi connectivity index (χ2n) is 5.55. The average molecular weight is 261 g/mol.